The third kappa shape index (κ3) is 5.72. The van der Waals surface area contributed by atoms with E-state index in [0.29, 0.717) is 18.2 Å². The van der Waals surface area contributed by atoms with Gasteiger partial charge in [-0.25, -0.2) is 0 Å². The van der Waals surface area contributed by atoms with Gasteiger partial charge in [0.05, 0.1) is 6.10 Å². The molecule has 5 heteroatoms. The summed E-state index contributed by atoms with van der Waals surface area (Å²) in [4.78, 5) is 12.1. The molecule has 1 aromatic carbocycles. The van der Waals surface area contributed by atoms with E-state index in [-0.39, 0.29) is 12.0 Å². The Morgan fingerprint density at radius 3 is 2.54 bits per heavy atom. The van der Waals surface area contributed by atoms with E-state index >= 15 is 0 Å². The maximum atomic E-state index is 12.1. The van der Waals surface area contributed by atoms with Crippen LogP contribution in [0.25, 0.3) is 0 Å². The molecule has 0 spiro atoms. The first-order valence-corrected chi connectivity index (χ1v) is 8.52. The fourth-order valence-corrected chi connectivity index (χ4v) is 2.44. The Bertz CT molecular complexity index is 645. The van der Waals surface area contributed by atoms with Crippen LogP contribution in [0.2, 0.25) is 0 Å². The molecule has 2 rings (SSSR count). The Balaban J connectivity index is 1.78. The molecule has 0 aliphatic heterocycles. The van der Waals surface area contributed by atoms with Crippen molar-refractivity contribution in [1.82, 2.24) is 15.5 Å². The zero-order valence-corrected chi connectivity index (χ0v) is 14.9. The topological polar surface area (TPSA) is 67.0 Å². The molecule has 0 saturated carbocycles. The number of H-pyrrole nitrogens is 1. The van der Waals surface area contributed by atoms with Crippen LogP contribution in [0.4, 0.5) is 0 Å². The highest BCUT2D eigenvalue weighted by Gasteiger charge is 2.10. The minimum atomic E-state index is -0.138. The van der Waals surface area contributed by atoms with E-state index < -0.39 is 0 Å². The molecule has 0 aliphatic carbocycles. The van der Waals surface area contributed by atoms with E-state index in [1.54, 1.807) is 0 Å². The summed E-state index contributed by atoms with van der Waals surface area (Å²) >= 11 is 0. The molecule has 0 fully saturated rings. The number of nitrogens with one attached hydrogen (secondary N) is 2. The van der Waals surface area contributed by atoms with Gasteiger partial charge >= 0.3 is 0 Å². The summed E-state index contributed by atoms with van der Waals surface area (Å²) in [6.45, 7) is 8.86. The van der Waals surface area contributed by atoms with E-state index in [1.165, 1.54) is 0 Å². The Kier molecular flexibility index (Phi) is 6.41. The molecule has 0 radical (unpaired) electrons. The molecule has 1 heterocycles. The van der Waals surface area contributed by atoms with Crippen LogP contribution < -0.4 is 10.1 Å². The zero-order valence-electron chi connectivity index (χ0n) is 14.9. The normalized spacial score (nSPS) is 11.1. The maximum Gasteiger partial charge on any atom is 0.271 e. The molecule has 5 nitrogen and oxygen atoms in total. The van der Waals surface area contributed by atoms with Crippen LogP contribution in [0.1, 0.15) is 49.4 Å². The van der Waals surface area contributed by atoms with Crippen molar-refractivity contribution in [3.63, 3.8) is 0 Å². The molecule has 1 amide bonds. The number of carbonyl (C=O) groups is 1. The number of ether oxygens (including phenoxy) is 1. The molecular weight excluding hydrogens is 302 g/mol. The molecule has 0 aliphatic rings. The lowest BCUT2D eigenvalue weighted by Crippen LogP contribution is -2.26. The number of rotatable bonds is 8. The average molecular weight is 329 g/mol. The average Bonchev–Trinajstić information content (AvgIpc) is 2.96. The van der Waals surface area contributed by atoms with Crippen LogP contribution >= 0.6 is 0 Å². The highest BCUT2D eigenvalue weighted by Crippen LogP contribution is 2.14. The van der Waals surface area contributed by atoms with Gasteiger partial charge in [0.15, 0.2) is 0 Å². The first kappa shape index (κ1) is 18.0. The molecule has 0 bridgehead atoms. The number of nitrogens with zero attached hydrogens (tertiary/aromatic N) is 1. The summed E-state index contributed by atoms with van der Waals surface area (Å²) in [6, 6.07) is 9.80. The van der Waals surface area contributed by atoms with Crippen molar-refractivity contribution in [2.75, 3.05) is 6.54 Å². The highest BCUT2D eigenvalue weighted by atomic mass is 16.5. The SMILES string of the molecule is CC(C)Cc1cc(C(=O)NCCc2ccc(OC(C)C)cc2)n[nH]1. The predicted octanol–water partition coefficient (Wildman–Crippen LogP) is 3.37. The molecule has 1 aromatic heterocycles. The Hall–Kier alpha value is -2.30. The second kappa shape index (κ2) is 8.52. The van der Waals surface area contributed by atoms with Crippen LogP contribution in [0.5, 0.6) is 5.75 Å². The zero-order chi connectivity index (χ0) is 17.5. The number of hydrogen-bond donors (Lipinski definition) is 2. The molecule has 130 valence electrons. The van der Waals surface area contributed by atoms with Crippen molar-refractivity contribution in [1.29, 1.82) is 0 Å². The molecule has 0 unspecified atom stereocenters. The van der Waals surface area contributed by atoms with Crippen molar-refractivity contribution in [3.05, 3.63) is 47.3 Å². The van der Waals surface area contributed by atoms with Crippen LogP contribution in [0, 0.1) is 5.92 Å². The van der Waals surface area contributed by atoms with Gasteiger partial charge in [-0.05, 0) is 56.4 Å². The fourth-order valence-electron chi connectivity index (χ4n) is 2.44. The first-order valence-electron chi connectivity index (χ1n) is 8.52. The van der Waals surface area contributed by atoms with Crippen molar-refractivity contribution < 1.29 is 9.53 Å². The molecular formula is C19H27N3O2. The number of hydrogen-bond acceptors (Lipinski definition) is 3. The Morgan fingerprint density at radius 1 is 1.21 bits per heavy atom. The van der Waals surface area contributed by atoms with E-state index in [9.17, 15) is 4.79 Å². The van der Waals surface area contributed by atoms with E-state index in [0.717, 1.165) is 29.8 Å². The quantitative estimate of drug-likeness (QED) is 0.780. The van der Waals surface area contributed by atoms with E-state index in [2.05, 4.69) is 29.4 Å². The van der Waals surface area contributed by atoms with Crippen molar-refractivity contribution in [2.45, 2.75) is 46.6 Å². The lowest BCUT2D eigenvalue weighted by atomic mass is 10.1. The van der Waals surface area contributed by atoms with Crippen LogP contribution in [-0.4, -0.2) is 28.8 Å². The van der Waals surface area contributed by atoms with Gasteiger partial charge in [-0.3, -0.25) is 9.89 Å². The van der Waals surface area contributed by atoms with Crippen molar-refractivity contribution >= 4 is 5.91 Å². The minimum Gasteiger partial charge on any atom is -0.491 e. The molecule has 2 N–H and O–H groups in total. The summed E-state index contributed by atoms with van der Waals surface area (Å²) in [5.74, 6) is 1.26. The van der Waals surface area contributed by atoms with Crippen LogP contribution in [0.3, 0.4) is 0 Å². The minimum absolute atomic E-state index is 0.138. The molecule has 0 saturated heterocycles. The molecule has 24 heavy (non-hydrogen) atoms. The number of aromatic nitrogens is 2. The first-order chi connectivity index (χ1) is 11.4. The number of amides is 1. The summed E-state index contributed by atoms with van der Waals surface area (Å²) in [5.41, 5.74) is 2.61. The predicted molar refractivity (Wildman–Crippen MR) is 95.4 cm³/mol. The molecule has 0 atom stereocenters. The number of benzene rings is 1. The fraction of sp³-hybridized carbons (Fsp3) is 0.474. The third-order valence-corrected chi connectivity index (χ3v) is 3.49. The van der Waals surface area contributed by atoms with E-state index in [1.807, 2.05) is 44.2 Å². The van der Waals surface area contributed by atoms with E-state index in [4.69, 9.17) is 4.74 Å². The largest absolute Gasteiger partial charge is 0.491 e. The lowest BCUT2D eigenvalue weighted by molar-refractivity contribution is 0.0949. The highest BCUT2D eigenvalue weighted by molar-refractivity contribution is 5.92. The standard InChI is InChI=1S/C19H27N3O2/c1-13(2)11-16-12-18(22-21-16)19(23)20-10-9-15-5-7-17(8-6-15)24-14(3)4/h5-8,12-14H,9-11H2,1-4H3,(H,20,23)(H,21,22). The summed E-state index contributed by atoms with van der Waals surface area (Å²) in [5, 5.41) is 9.91. The molecule has 2 aromatic rings. The number of aromatic amines is 1. The van der Waals surface area contributed by atoms with Crippen LogP contribution in [0.15, 0.2) is 30.3 Å². The Labute approximate surface area is 143 Å². The summed E-state index contributed by atoms with van der Waals surface area (Å²) in [7, 11) is 0. The summed E-state index contributed by atoms with van der Waals surface area (Å²) < 4.78 is 5.62. The van der Waals surface area contributed by atoms with Crippen molar-refractivity contribution in [2.24, 2.45) is 5.92 Å². The van der Waals surface area contributed by atoms with Gasteiger partial charge in [0, 0.05) is 12.2 Å². The third-order valence-electron chi connectivity index (χ3n) is 3.49. The van der Waals surface area contributed by atoms with Gasteiger partial charge in [-0.1, -0.05) is 26.0 Å². The van der Waals surface area contributed by atoms with Gasteiger partial charge in [-0.15, -0.1) is 0 Å². The van der Waals surface area contributed by atoms with Gasteiger partial charge in [0.1, 0.15) is 11.4 Å². The smallest absolute Gasteiger partial charge is 0.271 e. The van der Waals surface area contributed by atoms with Crippen LogP contribution in [-0.2, 0) is 12.8 Å². The Morgan fingerprint density at radius 2 is 1.92 bits per heavy atom. The lowest BCUT2D eigenvalue weighted by Gasteiger charge is -2.10. The second-order valence-electron chi connectivity index (χ2n) is 6.69. The maximum absolute atomic E-state index is 12.1. The van der Waals surface area contributed by atoms with Gasteiger partial charge in [0.25, 0.3) is 5.91 Å². The monoisotopic (exact) mass is 329 g/mol. The van der Waals surface area contributed by atoms with Gasteiger partial charge in [-0.2, -0.15) is 5.10 Å². The number of carbonyl (C=O) groups excluding carboxylic acids is 1. The van der Waals surface area contributed by atoms with Gasteiger partial charge < -0.3 is 10.1 Å². The second-order valence-corrected chi connectivity index (χ2v) is 6.69. The summed E-state index contributed by atoms with van der Waals surface area (Å²) in [6.07, 6.45) is 1.84. The van der Waals surface area contributed by atoms with Crippen molar-refractivity contribution in [3.8, 4) is 5.75 Å². The van der Waals surface area contributed by atoms with Gasteiger partial charge in [0.2, 0.25) is 0 Å².